The lowest BCUT2D eigenvalue weighted by Crippen LogP contribution is -2.70. The van der Waals surface area contributed by atoms with E-state index in [1.165, 1.54) is 24.3 Å². The second-order valence-electron chi connectivity index (χ2n) is 23.6. The van der Waals surface area contributed by atoms with Crippen LogP contribution < -0.4 is 48.5 Å². The second kappa shape index (κ2) is 33.0. The molecule has 24 N–H and O–H groups in total. The number of carbonyl (C=O) groups excluding carboxylic acids is 6. The molecule has 0 radical (unpaired) electrons. The van der Waals surface area contributed by atoms with Gasteiger partial charge in [0.1, 0.15) is 116 Å². The van der Waals surface area contributed by atoms with E-state index >= 15 is 0 Å². The molecule has 36 nitrogen and oxygen atoms in total. The molecule has 0 spiro atoms. The number of guanidine groups is 2. The van der Waals surface area contributed by atoms with Crippen LogP contribution in [-0.2, 0) is 58.9 Å². The maximum atomic E-state index is 14.9. The summed E-state index contributed by atoms with van der Waals surface area (Å²) in [5.41, 5.74) is 19.5. The van der Waals surface area contributed by atoms with E-state index in [9.17, 15) is 95.2 Å². The molecule has 2 aromatic carbocycles. The first-order chi connectivity index (χ1) is 44.2. The lowest BCUT2D eigenvalue weighted by atomic mass is 9.93. The van der Waals surface area contributed by atoms with Crippen LogP contribution in [0.2, 0.25) is 0 Å². The van der Waals surface area contributed by atoms with E-state index in [0.717, 1.165) is 4.90 Å². The molecule has 0 aromatic heterocycles. The number of ether oxygens (including phenoxy) is 6. The largest absolute Gasteiger partial charge is 0.462 e. The molecular formula is C57H85N11O25. The molecule has 3 fully saturated rings. The fraction of sp³-hybridized carbons (Fsp3) is 0.649. The van der Waals surface area contributed by atoms with E-state index < -0.39 is 227 Å². The summed E-state index contributed by atoms with van der Waals surface area (Å²) in [4.78, 5) is 91.7. The van der Waals surface area contributed by atoms with Crippen molar-refractivity contribution in [3.8, 4) is 5.75 Å². The number of hydrogen-bond donors (Lipinski definition) is 21. The molecule has 518 valence electrons. The summed E-state index contributed by atoms with van der Waals surface area (Å²) in [5, 5.41) is 153. The summed E-state index contributed by atoms with van der Waals surface area (Å²) in [6.07, 6.45) is -31.3. The van der Waals surface area contributed by atoms with Gasteiger partial charge >= 0.3 is 5.97 Å². The first-order valence-corrected chi connectivity index (χ1v) is 29.9. The van der Waals surface area contributed by atoms with E-state index in [4.69, 9.17) is 45.6 Å². The minimum atomic E-state index is -2.26. The smallest absolute Gasteiger partial charge is 0.306 e. The first kappa shape index (κ1) is 73.5. The molecular weight excluding hydrogens is 1240 g/mol. The zero-order valence-electron chi connectivity index (χ0n) is 50.7. The van der Waals surface area contributed by atoms with Gasteiger partial charge in [-0.3, -0.25) is 34.0 Å². The monoisotopic (exact) mass is 1320 g/mol. The Kier molecular flexibility index (Phi) is 26.0. The van der Waals surface area contributed by atoms with Crippen LogP contribution in [0.5, 0.6) is 5.75 Å². The van der Waals surface area contributed by atoms with Crippen molar-refractivity contribution >= 4 is 47.8 Å². The summed E-state index contributed by atoms with van der Waals surface area (Å²) in [5.74, 6) is -7.18. The predicted molar refractivity (Wildman–Crippen MR) is 316 cm³/mol. The molecule has 3 saturated heterocycles. The fourth-order valence-corrected chi connectivity index (χ4v) is 11.1. The van der Waals surface area contributed by atoms with Gasteiger partial charge in [-0.05, 0) is 29.2 Å². The van der Waals surface area contributed by atoms with Gasteiger partial charge in [-0.15, -0.1) is 0 Å². The lowest BCUT2D eigenvalue weighted by Gasteiger charge is -2.46. The Hall–Kier alpha value is -6.92. The quantitative estimate of drug-likeness (QED) is 0.0266. The Morgan fingerprint density at radius 1 is 0.677 bits per heavy atom. The Labute approximate surface area is 531 Å². The Balaban J connectivity index is 1.14. The highest BCUT2D eigenvalue weighted by Crippen LogP contribution is 2.33. The molecule has 36 heteroatoms. The Morgan fingerprint density at radius 3 is 1.89 bits per heavy atom. The molecule has 5 heterocycles. The van der Waals surface area contributed by atoms with Crippen LogP contribution in [0, 0.1) is 5.92 Å². The maximum absolute atomic E-state index is 14.9. The van der Waals surface area contributed by atoms with Crippen LogP contribution in [0.25, 0.3) is 0 Å². The summed E-state index contributed by atoms with van der Waals surface area (Å²) < 4.78 is 34.1. The van der Waals surface area contributed by atoms with Gasteiger partial charge in [-0.25, -0.2) is 0 Å². The number of hydrogen-bond acceptors (Lipinski definition) is 32. The van der Waals surface area contributed by atoms with Crippen molar-refractivity contribution in [3.05, 3.63) is 65.7 Å². The van der Waals surface area contributed by atoms with Crippen LogP contribution in [0.3, 0.4) is 0 Å². The lowest BCUT2D eigenvalue weighted by molar-refractivity contribution is -0.353. The number of aliphatic hydroxyl groups is 13. The minimum absolute atomic E-state index is 0.0560. The summed E-state index contributed by atoms with van der Waals surface area (Å²) >= 11 is 0. The van der Waals surface area contributed by atoms with Gasteiger partial charge in [-0.2, -0.15) is 0 Å². The van der Waals surface area contributed by atoms with Crippen molar-refractivity contribution in [1.29, 1.82) is 0 Å². The van der Waals surface area contributed by atoms with Crippen molar-refractivity contribution in [2.45, 2.75) is 186 Å². The highest BCUT2D eigenvalue weighted by molar-refractivity contribution is 5.96. The standard InChI is InChI=1S/C57H85N11O25/c1-22(2)13-34(74)92-48-41(78)32(20-72)90-55(46(48)83)93-47-33(21-73)91-54(45(82)43(47)80)88-27-11-9-24(10-12-27)14-28(64-50(85)35(58)23(3)25-7-5-4-6-8-25)49(84)66-36(38(75)29-15-61-56(59)65-29)52(87)67-37(51(86)63-26(17-69)18-70)39(76)30-16-62-57(60)68(30)53-44(81)42(79)40(77)31(19-71)89-53/h4-12,17,22-23,26,28-33,35-48,53-55,70-73,75-83H,13-16,18-21,58H2,1-3H3,(H2,60,62)(H,63,86)(H,64,85)(H,66,84)(H,67,87)(H3,59,61,65)/t23?,26-,28+,29?,30?,31?,32?,33?,35+,36+,37+,38?,39?,40?,41?,42?,43?,44?,45?,46?,47?,48?,53?,54?,55?/m1/s1. The SMILES string of the molecule is CC(C)CC(=O)OC1C(O)C(CO)OC(OC2C(CO)OC(Oc3ccc(C[C@H](NC(=O)[C@@H](N)C(C)c4ccccc4)C(=O)N[C@H](C(=O)N[C@H](C(=O)N[C@H](C=O)CO)C(O)C4CN=C(N)N4C4OC(CO)C(O)C(O)C4O)C(O)C4CN=C(N)N4)cc3)C(O)C2O)C1O. The fourth-order valence-electron chi connectivity index (χ4n) is 11.1. The van der Waals surface area contributed by atoms with E-state index in [1.54, 1.807) is 51.1 Å². The topological polar surface area (TPSA) is 587 Å². The Morgan fingerprint density at radius 2 is 1.29 bits per heavy atom. The predicted octanol–water partition coefficient (Wildman–Crippen LogP) is -11.1. The number of aliphatic hydroxyl groups excluding tert-OH is 13. The van der Waals surface area contributed by atoms with E-state index in [0.29, 0.717) is 5.56 Å². The van der Waals surface area contributed by atoms with Crippen LogP contribution in [0.1, 0.15) is 44.2 Å². The molecule has 20 unspecified atom stereocenters. The zero-order valence-corrected chi connectivity index (χ0v) is 50.7. The van der Waals surface area contributed by atoms with E-state index in [1.807, 2.05) is 0 Å². The number of nitrogens with two attached hydrogens (primary N) is 3. The number of nitrogens with zero attached hydrogens (tertiary/aromatic N) is 3. The normalized spacial score (nSPS) is 32.2. The second-order valence-corrected chi connectivity index (χ2v) is 23.6. The molecule has 4 amide bonds. The van der Waals surface area contributed by atoms with E-state index in [-0.39, 0.29) is 42.4 Å². The summed E-state index contributed by atoms with van der Waals surface area (Å²) in [6, 6.07) is 2.07. The molecule has 25 atom stereocenters. The number of rotatable bonds is 29. The Bertz CT molecular complexity index is 2890. The number of esters is 1. The molecule has 7 rings (SSSR count). The third-order valence-electron chi connectivity index (χ3n) is 16.5. The highest BCUT2D eigenvalue weighted by Gasteiger charge is 2.55. The minimum Gasteiger partial charge on any atom is -0.462 e. The van der Waals surface area contributed by atoms with Crippen LogP contribution in [0.15, 0.2) is 64.6 Å². The number of benzene rings is 2. The number of carbonyl (C=O) groups is 6. The number of amides is 4. The molecule has 0 aliphatic carbocycles. The molecule has 0 bridgehead atoms. The molecule has 5 aliphatic rings. The zero-order chi connectivity index (χ0) is 68.3. The first-order valence-electron chi connectivity index (χ1n) is 29.9. The van der Waals surface area contributed by atoms with Crippen molar-refractivity contribution in [2.24, 2.45) is 33.1 Å². The van der Waals surface area contributed by atoms with Gasteiger partial charge in [0.15, 0.2) is 30.5 Å². The maximum Gasteiger partial charge on any atom is 0.306 e. The van der Waals surface area contributed by atoms with Gasteiger partial charge in [0.05, 0.1) is 57.6 Å². The van der Waals surface area contributed by atoms with Crippen LogP contribution in [0.4, 0.5) is 0 Å². The average molecular weight is 1320 g/mol. The third kappa shape index (κ3) is 17.5. The summed E-state index contributed by atoms with van der Waals surface area (Å²) in [6.45, 7) is 0.710. The van der Waals surface area contributed by atoms with Crippen molar-refractivity contribution < 1.29 is 124 Å². The molecule has 5 aliphatic heterocycles. The van der Waals surface area contributed by atoms with Crippen molar-refractivity contribution in [2.75, 3.05) is 39.5 Å². The highest BCUT2D eigenvalue weighted by atomic mass is 16.7. The van der Waals surface area contributed by atoms with Crippen LogP contribution >= 0.6 is 0 Å². The molecule has 2 aromatic rings. The van der Waals surface area contributed by atoms with Gasteiger partial charge in [-0.1, -0.05) is 63.2 Å². The number of aliphatic imine (C=N–C) groups is 2. The van der Waals surface area contributed by atoms with Gasteiger partial charge in [0, 0.05) is 18.8 Å². The van der Waals surface area contributed by atoms with Gasteiger partial charge in [0.25, 0.3) is 0 Å². The number of aldehydes is 1. The molecule has 0 saturated carbocycles. The third-order valence-corrected chi connectivity index (χ3v) is 16.5. The van der Waals surface area contributed by atoms with Crippen molar-refractivity contribution in [3.63, 3.8) is 0 Å². The molecule has 93 heavy (non-hydrogen) atoms. The van der Waals surface area contributed by atoms with Gasteiger partial charge in [0.2, 0.25) is 29.9 Å². The van der Waals surface area contributed by atoms with Crippen LogP contribution in [-0.4, -0.2) is 305 Å². The summed E-state index contributed by atoms with van der Waals surface area (Å²) in [7, 11) is 0. The number of nitrogens with one attached hydrogen (secondary N) is 5. The van der Waals surface area contributed by atoms with Crippen molar-refractivity contribution in [1.82, 2.24) is 31.5 Å². The van der Waals surface area contributed by atoms with Gasteiger partial charge < -0.3 is 148 Å². The average Bonchev–Trinajstić information content (AvgIpc) is 1.77. The van der Waals surface area contributed by atoms with E-state index in [2.05, 4.69) is 36.6 Å².